The van der Waals surface area contributed by atoms with Crippen LogP contribution in [0.4, 0.5) is 5.69 Å². The van der Waals surface area contributed by atoms with Gasteiger partial charge in [-0.05, 0) is 30.7 Å². The number of ether oxygens (including phenoxy) is 1. The summed E-state index contributed by atoms with van der Waals surface area (Å²) in [4.78, 5) is 27.3. The van der Waals surface area contributed by atoms with E-state index in [0.717, 1.165) is 10.9 Å². The van der Waals surface area contributed by atoms with Crippen molar-refractivity contribution in [2.24, 2.45) is 5.92 Å². The lowest BCUT2D eigenvalue weighted by Gasteiger charge is -2.09. The zero-order valence-electron chi connectivity index (χ0n) is 14.2. The SMILES string of the molecule is Cc1cc(=O)oc2cc(Oc3ccc(NC(=O)C(C)C)cn3)ccc12. The van der Waals surface area contributed by atoms with Crippen LogP contribution in [0.25, 0.3) is 11.0 Å². The Bertz CT molecular complexity index is 975. The number of fused-ring (bicyclic) bond motifs is 1. The first-order valence-corrected chi connectivity index (χ1v) is 7.91. The van der Waals surface area contributed by atoms with Crippen LogP contribution in [0.1, 0.15) is 19.4 Å². The number of pyridine rings is 1. The highest BCUT2D eigenvalue weighted by molar-refractivity contribution is 5.91. The van der Waals surface area contributed by atoms with Gasteiger partial charge in [0.25, 0.3) is 0 Å². The number of carbonyl (C=O) groups excluding carboxylic acids is 1. The fourth-order valence-corrected chi connectivity index (χ4v) is 2.29. The van der Waals surface area contributed by atoms with Gasteiger partial charge in [-0.1, -0.05) is 13.8 Å². The van der Waals surface area contributed by atoms with Crippen molar-refractivity contribution >= 4 is 22.6 Å². The van der Waals surface area contributed by atoms with Gasteiger partial charge in [0.05, 0.1) is 11.9 Å². The molecule has 6 heteroatoms. The van der Waals surface area contributed by atoms with E-state index in [0.29, 0.717) is 22.9 Å². The lowest BCUT2D eigenvalue weighted by atomic mass is 10.1. The van der Waals surface area contributed by atoms with Crippen molar-refractivity contribution in [3.05, 3.63) is 58.6 Å². The zero-order valence-corrected chi connectivity index (χ0v) is 14.2. The molecule has 25 heavy (non-hydrogen) atoms. The quantitative estimate of drug-likeness (QED) is 0.730. The van der Waals surface area contributed by atoms with Gasteiger partial charge in [-0.2, -0.15) is 0 Å². The molecule has 2 aromatic heterocycles. The second-order valence-corrected chi connectivity index (χ2v) is 6.04. The molecule has 0 fully saturated rings. The molecule has 1 aromatic carbocycles. The molecule has 0 aliphatic carbocycles. The van der Waals surface area contributed by atoms with Crippen molar-refractivity contribution in [3.63, 3.8) is 0 Å². The molecule has 2 heterocycles. The number of nitrogens with zero attached hydrogens (tertiary/aromatic N) is 1. The average molecular weight is 338 g/mol. The summed E-state index contributed by atoms with van der Waals surface area (Å²) in [5.74, 6) is 0.701. The maximum atomic E-state index is 11.7. The Balaban J connectivity index is 1.79. The molecule has 0 atom stereocenters. The van der Waals surface area contributed by atoms with Crippen molar-refractivity contribution in [2.75, 3.05) is 5.32 Å². The van der Waals surface area contributed by atoms with Crippen molar-refractivity contribution in [1.82, 2.24) is 4.98 Å². The van der Waals surface area contributed by atoms with Gasteiger partial charge in [0.2, 0.25) is 11.8 Å². The molecule has 3 aromatic rings. The molecule has 0 unspecified atom stereocenters. The average Bonchev–Trinajstić information content (AvgIpc) is 2.56. The van der Waals surface area contributed by atoms with Crippen molar-refractivity contribution in [1.29, 1.82) is 0 Å². The number of anilines is 1. The molecule has 0 saturated heterocycles. The second-order valence-electron chi connectivity index (χ2n) is 6.04. The number of amides is 1. The Morgan fingerprint density at radius 3 is 2.68 bits per heavy atom. The number of carbonyl (C=O) groups is 1. The number of aromatic nitrogens is 1. The standard InChI is InChI=1S/C19H18N2O4/c1-11(2)19(23)21-13-4-7-17(20-10-13)24-14-5-6-15-12(3)8-18(22)25-16(15)9-14/h4-11H,1-3H3,(H,21,23). The summed E-state index contributed by atoms with van der Waals surface area (Å²) < 4.78 is 10.9. The summed E-state index contributed by atoms with van der Waals surface area (Å²) in [7, 11) is 0. The second kappa shape index (κ2) is 6.76. The van der Waals surface area contributed by atoms with Crippen LogP contribution in [0.2, 0.25) is 0 Å². The predicted octanol–water partition coefficient (Wildman–Crippen LogP) is 3.88. The van der Waals surface area contributed by atoms with Crippen LogP contribution in [0.5, 0.6) is 11.6 Å². The van der Waals surface area contributed by atoms with Crippen molar-refractivity contribution in [2.45, 2.75) is 20.8 Å². The first-order valence-electron chi connectivity index (χ1n) is 7.91. The summed E-state index contributed by atoms with van der Waals surface area (Å²) in [6.45, 7) is 5.49. The molecule has 3 rings (SSSR count). The van der Waals surface area contributed by atoms with Crippen LogP contribution < -0.4 is 15.7 Å². The highest BCUT2D eigenvalue weighted by atomic mass is 16.5. The van der Waals surface area contributed by atoms with Crippen LogP contribution in [0, 0.1) is 12.8 Å². The number of hydrogen-bond donors (Lipinski definition) is 1. The molecule has 0 radical (unpaired) electrons. The minimum Gasteiger partial charge on any atom is -0.439 e. The predicted molar refractivity (Wildman–Crippen MR) is 95.0 cm³/mol. The van der Waals surface area contributed by atoms with Crippen LogP contribution in [0.15, 0.2) is 51.8 Å². The molecule has 0 bridgehead atoms. The largest absolute Gasteiger partial charge is 0.439 e. The molecule has 128 valence electrons. The van der Waals surface area contributed by atoms with E-state index >= 15 is 0 Å². The molecule has 6 nitrogen and oxygen atoms in total. The number of benzene rings is 1. The van der Waals surface area contributed by atoms with Gasteiger partial charge in [0.1, 0.15) is 11.3 Å². The van der Waals surface area contributed by atoms with Crippen LogP contribution in [-0.4, -0.2) is 10.9 Å². The van der Waals surface area contributed by atoms with Gasteiger partial charge in [-0.25, -0.2) is 9.78 Å². The van der Waals surface area contributed by atoms with Gasteiger partial charge in [-0.3, -0.25) is 4.79 Å². The first kappa shape index (κ1) is 16.7. The van der Waals surface area contributed by atoms with E-state index in [-0.39, 0.29) is 11.8 Å². The van der Waals surface area contributed by atoms with Crippen LogP contribution in [0.3, 0.4) is 0 Å². The summed E-state index contributed by atoms with van der Waals surface area (Å²) in [5, 5.41) is 3.62. The normalized spacial score (nSPS) is 10.9. The Kier molecular flexibility index (Phi) is 4.52. The number of nitrogens with one attached hydrogen (secondary N) is 1. The van der Waals surface area contributed by atoms with Gasteiger partial charge in [-0.15, -0.1) is 0 Å². The highest BCUT2D eigenvalue weighted by Gasteiger charge is 2.08. The molecular weight excluding hydrogens is 320 g/mol. The monoisotopic (exact) mass is 338 g/mol. The Hall–Kier alpha value is -3.15. The van der Waals surface area contributed by atoms with Gasteiger partial charge in [0, 0.05) is 29.5 Å². The first-order chi connectivity index (χ1) is 11.9. The summed E-state index contributed by atoms with van der Waals surface area (Å²) in [6.07, 6.45) is 1.53. The zero-order chi connectivity index (χ0) is 18.0. The molecular formula is C19H18N2O4. The third kappa shape index (κ3) is 3.85. The maximum absolute atomic E-state index is 11.7. The lowest BCUT2D eigenvalue weighted by molar-refractivity contribution is -0.118. The Morgan fingerprint density at radius 2 is 2.00 bits per heavy atom. The fraction of sp³-hybridized carbons (Fsp3) is 0.211. The number of hydrogen-bond acceptors (Lipinski definition) is 5. The third-order valence-electron chi connectivity index (χ3n) is 3.67. The summed E-state index contributed by atoms with van der Waals surface area (Å²) in [6, 6.07) is 10.1. The Morgan fingerprint density at radius 1 is 1.20 bits per heavy atom. The highest BCUT2D eigenvalue weighted by Crippen LogP contribution is 2.26. The van der Waals surface area contributed by atoms with Crippen LogP contribution in [-0.2, 0) is 4.79 Å². The molecule has 1 N–H and O–H groups in total. The smallest absolute Gasteiger partial charge is 0.336 e. The van der Waals surface area contributed by atoms with E-state index in [1.807, 2.05) is 26.8 Å². The number of aryl methyl sites for hydroxylation is 1. The lowest BCUT2D eigenvalue weighted by Crippen LogP contribution is -2.17. The van der Waals surface area contributed by atoms with E-state index in [2.05, 4.69) is 10.3 Å². The minimum atomic E-state index is -0.398. The fourth-order valence-electron chi connectivity index (χ4n) is 2.29. The minimum absolute atomic E-state index is 0.0737. The third-order valence-corrected chi connectivity index (χ3v) is 3.67. The van der Waals surface area contributed by atoms with Crippen molar-refractivity contribution in [3.8, 4) is 11.6 Å². The van der Waals surface area contributed by atoms with E-state index in [4.69, 9.17) is 9.15 Å². The van der Waals surface area contributed by atoms with Crippen LogP contribution >= 0.6 is 0 Å². The van der Waals surface area contributed by atoms with E-state index < -0.39 is 5.63 Å². The molecule has 0 spiro atoms. The molecule has 0 aliphatic heterocycles. The molecule has 0 aliphatic rings. The van der Waals surface area contributed by atoms with E-state index in [1.54, 1.807) is 24.3 Å². The van der Waals surface area contributed by atoms with Crippen molar-refractivity contribution < 1.29 is 13.9 Å². The van der Waals surface area contributed by atoms with Gasteiger partial charge < -0.3 is 14.5 Å². The van der Waals surface area contributed by atoms with E-state index in [9.17, 15) is 9.59 Å². The van der Waals surface area contributed by atoms with E-state index in [1.165, 1.54) is 12.3 Å². The maximum Gasteiger partial charge on any atom is 0.336 e. The topological polar surface area (TPSA) is 81.4 Å². The van der Waals surface area contributed by atoms with Gasteiger partial charge >= 0.3 is 5.63 Å². The Labute approximate surface area is 144 Å². The summed E-state index contributed by atoms with van der Waals surface area (Å²) >= 11 is 0. The summed E-state index contributed by atoms with van der Waals surface area (Å²) in [5.41, 5.74) is 1.51. The van der Waals surface area contributed by atoms with Gasteiger partial charge in [0.15, 0.2) is 0 Å². The molecule has 0 saturated carbocycles. The molecule has 1 amide bonds. The number of rotatable bonds is 4.